The standard InChI is InChI=1S/C30H37F2N9O4S/c1-46-21-3-4-25(45-30(31)32)22(17-21)27(33)24(37-29(43)23-18-36-41-6-2-5-35-28(23)41)19-34-20-26(42)40-11-9-38(10-12-40)7-8-39-13-15-44-16-14-39/h2-6,17-19,30H,7-16,20,33H2,1H3,(H,37,43). The first-order valence-corrected chi connectivity index (χ1v) is 16.1. The highest BCUT2D eigenvalue weighted by Crippen LogP contribution is 2.30. The number of carbonyl (C=O) groups excluding carboxylic acids is 2. The van der Waals surface area contributed by atoms with Crippen LogP contribution < -0.4 is 15.8 Å². The van der Waals surface area contributed by atoms with Crippen molar-refractivity contribution in [3.05, 3.63) is 59.7 Å². The van der Waals surface area contributed by atoms with Crippen LogP contribution in [0.2, 0.25) is 0 Å². The summed E-state index contributed by atoms with van der Waals surface area (Å²) in [7, 11) is 0. The third-order valence-electron chi connectivity index (χ3n) is 7.76. The van der Waals surface area contributed by atoms with E-state index in [1.54, 1.807) is 29.3 Å². The second kappa shape index (κ2) is 15.9. The Balaban J connectivity index is 1.30. The molecule has 0 unspecified atom stereocenters. The number of alkyl halides is 2. The number of halogens is 2. The minimum atomic E-state index is -3.10. The molecule has 2 amide bonds. The Hall–Kier alpha value is -4.12. The fourth-order valence-corrected chi connectivity index (χ4v) is 5.62. The van der Waals surface area contributed by atoms with Crippen LogP contribution in [-0.2, 0) is 9.53 Å². The number of aliphatic imine (C=N–C) groups is 1. The van der Waals surface area contributed by atoms with Crippen molar-refractivity contribution in [3.8, 4) is 5.75 Å². The zero-order valence-corrected chi connectivity index (χ0v) is 26.3. The van der Waals surface area contributed by atoms with E-state index in [2.05, 4.69) is 30.2 Å². The van der Waals surface area contributed by atoms with Crippen molar-refractivity contribution in [2.45, 2.75) is 11.5 Å². The van der Waals surface area contributed by atoms with E-state index in [1.807, 2.05) is 6.26 Å². The molecular formula is C30H37F2N9O4S. The molecule has 2 aromatic heterocycles. The first-order chi connectivity index (χ1) is 22.3. The molecule has 0 radical (unpaired) electrons. The molecule has 5 rings (SSSR count). The van der Waals surface area contributed by atoms with Gasteiger partial charge >= 0.3 is 6.61 Å². The van der Waals surface area contributed by atoms with Gasteiger partial charge in [-0.1, -0.05) is 0 Å². The number of fused-ring (bicyclic) bond motifs is 1. The maximum absolute atomic E-state index is 13.4. The van der Waals surface area contributed by atoms with Crippen LogP contribution >= 0.6 is 11.8 Å². The van der Waals surface area contributed by atoms with Crippen molar-refractivity contribution in [2.75, 3.05) is 78.4 Å². The molecule has 0 atom stereocenters. The molecule has 0 aliphatic carbocycles. The van der Waals surface area contributed by atoms with Gasteiger partial charge in [-0.05, 0) is 30.5 Å². The number of benzene rings is 1. The van der Waals surface area contributed by atoms with Gasteiger partial charge in [-0.3, -0.25) is 24.4 Å². The third kappa shape index (κ3) is 8.57. The van der Waals surface area contributed by atoms with Gasteiger partial charge in [0.05, 0.1) is 30.8 Å². The van der Waals surface area contributed by atoms with E-state index in [0.29, 0.717) is 18.7 Å². The minimum absolute atomic E-state index is 0.00150. The molecule has 2 aliphatic rings. The Morgan fingerprint density at radius 2 is 1.87 bits per heavy atom. The maximum Gasteiger partial charge on any atom is 0.387 e. The monoisotopic (exact) mass is 657 g/mol. The van der Waals surface area contributed by atoms with Crippen LogP contribution in [-0.4, -0.2) is 132 Å². The summed E-state index contributed by atoms with van der Waals surface area (Å²) >= 11 is 1.38. The molecule has 2 saturated heterocycles. The highest BCUT2D eigenvalue weighted by atomic mass is 32.2. The van der Waals surface area contributed by atoms with E-state index in [1.165, 1.54) is 41.0 Å². The molecule has 2 aliphatic heterocycles. The number of piperazine rings is 1. The van der Waals surface area contributed by atoms with Crippen LogP contribution in [0.25, 0.3) is 11.3 Å². The first kappa shape index (κ1) is 33.2. The molecule has 2 fully saturated rings. The van der Waals surface area contributed by atoms with E-state index in [9.17, 15) is 18.4 Å². The molecule has 0 spiro atoms. The minimum Gasteiger partial charge on any atom is -0.434 e. The lowest BCUT2D eigenvalue weighted by molar-refractivity contribution is -0.131. The van der Waals surface area contributed by atoms with Crippen LogP contribution in [0.1, 0.15) is 15.9 Å². The molecule has 0 saturated carbocycles. The molecular weight excluding hydrogens is 620 g/mol. The summed E-state index contributed by atoms with van der Waals surface area (Å²) in [6.07, 6.45) is 7.61. The lowest BCUT2D eigenvalue weighted by Crippen LogP contribution is -2.51. The van der Waals surface area contributed by atoms with Crippen molar-refractivity contribution in [1.29, 1.82) is 0 Å². The number of nitrogens with two attached hydrogens (primary N) is 1. The van der Waals surface area contributed by atoms with Crippen molar-refractivity contribution < 1.29 is 27.8 Å². The van der Waals surface area contributed by atoms with Crippen molar-refractivity contribution in [1.82, 2.24) is 34.6 Å². The summed E-state index contributed by atoms with van der Waals surface area (Å²) in [5.74, 6) is -0.952. The molecule has 4 heterocycles. The number of hydrogen-bond donors (Lipinski definition) is 2. The van der Waals surface area contributed by atoms with Crippen molar-refractivity contribution in [3.63, 3.8) is 0 Å². The number of nitrogens with one attached hydrogen (secondary N) is 1. The number of nitrogens with zero attached hydrogens (tertiary/aromatic N) is 7. The van der Waals surface area contributed by atoms with Crippen LogP contribution in [0.4, 0.5) is 8.78 Å². The number of thioether (sulfide) groups is 1. The van der Waals surface area contributed by atoms with Gasteiger partial charge in [0.15, 0.2) is 5.65 Å². The fraction of sp³-hybridized carbons (Fsp3) is 0.433. The number of hydrogen-bond acceptors (Lipinski definition) is 11. The molecule has 3 aromatic rings. The second-order valence-corrected chi connectivity index (χ2v) is 11.5. The second-order valence-electron chi connectivity index (χ2n) is 10.6. The zero-order valence-electron chi connectivity index (χ0n) is 25.5. The lowest BCUT2D eigenvalue weighted by Gasteiger charge is -2.36. The van der Waals surface area contributed by atoms with Gasteiger partial charge in [0.25, 0.3) is 5.91 Å². The number of allylic oxidation sites excluding steroid dienone is 1. The van der Waals surface area contributed by atoms with Gasteiger partial charge in [0.1, 0.15) is 17.9 Å². The molecule has 16 heteroatoms. The molecule has 246 valence electrons. The summed E-state index contributed by atoms with van der Waals surface area (Å²) < 4.78 is 38.1. The number of morpholine rings is 1. The summed E-state index contributed by atoms with van der Waals surface area (Å²) in [5.41, 5.74) is 7.02. The third-order valence-corrected chi connectivity index (χ3v) is 8.49. The highest BCUT2D eigenvalue weighted by Gasteiger charge is 2.23. The summed E-state index contributed by atoms with van der Waals surface area (Å²) in [6, 6.07) is 6.26. The van der Waals surface area contributed by atoms with E-state index < -0.39 is 12.5 Å². The largest absolute Gasteiger partial charge is 0.434 e. The Labute approximate surface area is 269 Å². The number of ether oxygens (including phenoxy) is 2. The maximum atomic E-state index is 13.4. The Morgan fingerprint density at radius 3 is 2.59 bits per heavy atom. The fourth-order valence-electron chi connectivity index (χ4n) is 5.18. The van der Waals surface area contributed by atoms with Gasteiger partial charge in [-0.25, -0.2) is 9.50 Å². The molecule has 13 nitrogen and oxygen atoms in total. The molecule has 3 N–H and O–H groups in total. The van der Waals surface area contributed by atoms with Crippen LogP contribution in [0.5, 0.6) is 5.75 Å². The van der Waals surface area contributed by atoms with E-state index in [-0.39, 0.29) is 40.7 Å². The first-order valence-electron chi connectivity index (χ1n) is 14.8. The quantitative estimate of drug-likeness (QED) is 0.218. The predicted octanol–water partition coefficient (Wildman–Crippen LogP) is 1.66. The average molecular weight is 658 g/mol. The molecule has 1 aromatic carbocycles. The Bertz CT molecular complexity index is 1570. The summed E-state index contributed by atoms with van der Waals surface area (Å²) in [6.45, 7) is 4.72. The average Bonchev–Trinajstić information content (AvgIpc) is 3.51. The summed E-state index contributed by atoms with van der Waals surface area (Å²) in [5, 5.41) is 6.85. The SMILES string of the molecule is CSc1ccc(OC(F)F)c(C(N)=C(C=NCC(=O)N2CCN(CCN3CCOCC3)CC2)NC(=O)c2cnn3cccnc23)c1. The number of rotatable bonds is 12. The van der Waals surface area contributed by atoms with Crippen molar-refractivity contribution in [2.24, 2.45) is 10.7 Å². The van der Waals surface area contributed by atoms with Crippen LogP contribution in [0, 0.1) is 0 Å². The topological polar surface area (TPSA) is 143 Å². The van der Waals surface area contributed by atoms with Gasteiger partial charge in [0.2, 0.25) is 5.91 Å². The van der Waals surface area contributed by atoms with E-state index in [4.69, 9.17) is 15.2 Å². The normalized spacial score (nSPS) is 17.1. The number of carbonyl (C=O) groups is 2. The van der Waals surface area contributed by atoms with E-state index >= 15 is 0 Å². The van der Waals surface area contributed by atoms with Crippen molar-refractivity contribution >= 4 is 41.1 Å². The number of amides is 2. The predicted molar refractivity (Wildman–Crippen MR) is 170 cm³/mol. The van der Waals surface area contributed by atoms with Gasteiger partial charge < -0.3 is 25.4 Å². The zero-order chi connectivity index (χ0) is 32.5. The van der Waals surface area contributed by atoms with Crippen LogP contribution in [0.15, 0.2) is 58.4 Å². The summed E-state index contributed by atoms with van der Waals surface area (Å²) in [4.78, 5) is 42.2. The van der Waals surface area contributed by atoms with Gasteiger partial charge in [-0.2, -0.15) is 13.9 Å². The highest BCUT2D eigenvalue weighted by molar-refractivity contribution is 7.98. The lowest BCUT2D eigenvalue weighted by atomic mass is 10.1. The molecule has 46 heavy (non-hydrogen) atoms. The Morgan fingerprint density at radius 1 is 1.13 bits per heavy atom. The number of aromatic nitrogens is 3. The van der Waals surface area contributed by atoms with Gasteiger partial charge in [-0.15, -0.1) is 11.8 Å². The smallest absolute Gasteiger partial charge is 0.387 e. The van der Waals surface area contributed by atoms with Crippen LogP contribution in [0.3, 0.4) is 0 Å². The Kier molecular flexibility index (Phi) is 11.5. The molecule has 0 bridgehead atoms. The van der Waals surface area contributed by atoms with Gasteiger partial charge in [0, 0.05) is 81.4 Å². The van der Waals surface area contributed by atoms with E-state index in [0.717, 1.165) is 57.4 Å².